The van der Waals surface area contributed by atoms with E-state index < -0.39 is 23.9 Å². The first-order chi connectivity index (χ1) is 21.5. The topological polar surface area (TPSA) is 161 Å². The monoisotopic (exact) mass is 656 g/mol. The Morgan fingerprint density at radius 2 is 1.18 bits per heavy atom. The van der Waals surface area contributed by atoms with Gasteiger partial charge in [-0.3, -0.25) is 16.0 Å². The molecule has 0 bridgehead atoms. The molecule has 2 aromatic heterocycles. The van der Waals surface area contributed by atoms with Gasteiger partial charge in [-0.1, -0.05) is 24.3 Å². The van der Waals surface area contributed by atoms with E-state index in [1.807, 2.05) is 53.2 Å². The van der Waals surface area contributed by atoms with E-state index in [1.165, 1.54) is 0 Å². The van der Waals surface area contributed by atoms with Crippen molar-refractivity contribution in [2.24, 2.45) is 0 Å². The van der Waals surface area contributed by atoms with Crippen LogP contribution >= 0.6 is 22.7 Å². The van der Waals surface area contributed by atoms with Crippen LogP contribution in [0.4, 0.5) is 37.1 Å². The minimum Gasteiger partial charge on any atom is -0.450 e. The summed E-state index contributed by atoms with van der Waals surface area (Å²) in [7, 11) is 1.00. The summed E-state index contributed by atoms with van der Waals surface area (Å²) in [5.74, 6) is 0. The summed E-state index contributed by atoms with van der Waals surface area (Å²) in [6.45, 7) is 9.41. The lowest BCUT2D eigenvalue weighted by Gasteiger charge is -2.20. The van der Waals surface area contributed by atoms with Crippen molar-refractivity contribution in [2.75, 3.05) is 42.0 Å². The van der Waals surface area contributed by atoms with Crippen molar-refractivity contribution < 1.29 is 33.7 Å². The highest BCUT2D eigenvalue weighted by Gasteiger charge is 2.18. The van der Waals surface area contributed by atoms with Crippen LogP contribution in [-0.4, -0.2) is 49.3 Å². The fraction of sp³-hybridized carbons (Fsp3) is 0.281. The van der Waals surface area contributed by atoms with Crippen LogP contribution in [0.3, 0.4) is 0 Å². The molecule has 11 nitrogen and oxygen atoms in total. The second kappa shape index (κ2) is 18.3. The van der Waals surface area contributed by atoms with Crippen LogP contribution in [0.15, 0.2) is 71.4 Å². The molecule has 0 aliphatic carbocycles. The van der Waals surface area contributed by atoms with Gasteiger partial charge in [0.2, 0.25) is 0 Å². The largest absolute Gasteiger partial charge is 0.450 e. The summed E-state index contributed by atoms with van der Waals surface area (Å²) in [5, 5.41) is 18.9. The van der Waals surface area contributed by atoms with Crippen LogP contribution in [0.1, 0.15) is 34.6 Å². The fourth-order valence-corrected chi connectivity index (χ4v) is 5.03. The molecular weight excluding hydrogens is 617 g/mol. The Bertz CT molecular complexity index is 1500. The van der Waals surface area contributed by atoms with E-state index in [9.17, 15) is 14.4 Å². The number of aliphatic hydroxyl groups excluding tert-OH is 1. The van der Waals surface area contributed by atoms with Crippen molar-refractivity contribution in [3.63, 3.8) is 0 Å². The molecule has 2 aromatic carbocycles. The molecule has 3 amide bonds. The minimum atomic E-state index is -0.615. The van der Waals surface area contributed by atoms with E-state index >= 15 is 0 Å². The fourth-order valence-electron chi connectivity index (χ4n) is 3.58. The number of nitrogen functional groups attached to an aromatic ring is 1. The molecule has 0 aliphatic rings. The number of rotatable bonds is 7. The smallest absolute Gasteiger partial charge is 0.412 e. The van der Waals surface area contributed by atoms with Gasteiger partial charge < -0.3 is 25.1 Å². The third-order valence-corrected chi connectivity index (χ3v) is 7.18. The zero-order valence-corrected chi connectivity index (χ0v) is 27.8. The number of benzene rings is 2. The van der Waals surface area contributed by atoms with E-state index in [2.05, 4.69) is 16.0 Å². The first-order valence-corrected chi connectivity index (χ1v) is 15.7. The second-order valence-electron chi connectivity index (χ2n) is 9.83. The lowest BCUT2D eigenvalue weighted by Crippen LogP contribution is -2.27. The van der Waals surface area contributed by atoms with E-state index in [4.69, 9.17) is 25.1 Å². The maximum absolute atomic E-state index is 12.0. The van der Waals surface area contributed by atoms with Crippen LogP contribution in [0.5, 0.6) is 0 Å². The van der Waals surface area contributed by atoms with Crippen LogP contribution in [0.25, 0.3) is 20.9 Å². The molecule has 0 radical (unpaired) electrons. The number of anilines is 4. The van der Waals surface area contributed by atoms with Crippen molar-refractivity contribution >= 4 is 63.7 Å². The number of thiophene rings is 2. The number of carbonyl (C=O) groups is 3. The molecule has 4 rings (SSSR count). The third-order valence-electron chi connectivity index (χ3n) is 5.34. The van der Waals surface area contributed by atoms with Gasteiger partial charge in [-0.25, -0.2) is 14.4 Å². The Labute approximate surface area is 271 Å². The molecule has 6 N–H and O–H groups in total. The van der Waals surface area contributed by atoms with Crippen molar-refractivity contribution in [1.82, 2.24) is 0 Å². The molecule has 0 aliphatic heterocycles. The average Bonchev–Trinajstić information content (AvgIpc) is 3.71. The quantitative estimate of drug-likeness (QED) is 0.0977. The first kappa shape index (κ1) is 36.6. The molecule has 0 spiro atoms. The molecule has 2 heterocycles. The molecule has 4 aromatic rings. The SMILES string of the molecule is CCOC(=O)Nc1cc(-c2cccs2)ccc1N.CCOC(=O)Nc1cc(-c2cccs2)ccc1NC(=O)OC(C)(C)C.CO. The Kier molecular flexibility index (Phi) is 14.9. The highest BCUT2D eigenvalue weighted by Crippen LogP contribution is 2.32. The number of aliphatic hydroxyl groups is 1. The first-order valence-electron chi connectivity index (χ1n) is 13.9. The summed E-state index contributed by atoms with van der Waals surface area (Å²) < 4.78 is 15.0. The van der Waals surface area contributed by atoms with E-state index in [0.717, 1.165) is 28.0 Å². The summed E-state index contributed by atoms with van der Waals surface area (Å²) in [6.07, 6.45) is -1.67. The predicted molar refractivity (Wildman–Crippen MR) is 183 cm³/mol. The lowest BCUT2D eigenvalue weighted by molar-refractivity contribution is 0.0635. The highest BCUT2D eigenvalue weighted by atomic mass is 32.1. The van der Waals surface area contributed by atoms with Crippen molar-refractivity contribution in [1.29, 1.82) is 0 Å². The zero-order chi connectivity index (χ0) is 33.4. The van der Waals surface area contributed by atoms with Crippen LogP contribution in [-0.2, 0) is 14.2 Å². The maximum atomic E-state index is 12.0. The third kappa shape index (κ3) is 12.5. The molecule has 0 fully saturated rings. The Balaban J connectivity index is 0.000000311. The Hall–Kier alpha value is -4.59. The van der Waals surface area contributed by atoms with E-state index in [0.29, 0.717) is 29.4 Å². The number of carbonyl (C=O) groups excluding carboxylic acids is 3. The van der Waals surface area contributed by atoms with E-state index in [-0.39, 0.29) is 6.61 Å². The van der Waals surface area contributed by atoms with Gasteiger partial charge in [-0.15, -0.1) is 22.7 Å². The van der Waals surface area contributed by atoms with Gasteiger partial charge in [-0.05, 0) is 92.9 Å². The molecule has 45 heavy (non-hydrogen) atoms. The van der Waals surface area contributed by atoms with Gasteiger partial charge >= 0.3 is 18.3 Å². The number of nitrogens with one attached hydrogen (secondary N) is 3. The molecule has 0 unspecified atom stereocenters. The normalized spacial score (nSPS) is 10.2. The van der Waals surface area contributed by atoms with Crippen LogP contribution in [0, 0.1) is 0 Å². The Morgan fingerprint density at radius 1 is 0.711 bits per heavy atom. The molecule has 0 atom stereocenters. The average molecular weight is 657 g/mol. The van der Waals surface area contributed by atoms with Crippen molar-refractivity contribution in [3.05, 3.63) is 71.4 Å². The van der Waals surface area contributed by atoms with Gasteiger partial charge in [-0.2, -0.15) is 0 Å². The van der Waals surface area contributed by atoms with E-state index in [1.54, 1.807) is 75.5 Å². The summed E-state index contributed by atoms with van der Waals surface area (Å²) in [4.78, 5) is 37.4. The summed E-state index contributed by atoms with van der Waals surface area (Å²) >= 11 is 3.22. The van der Waals surface area contributed by atoms with Crippen LogP contribution in [0.2, 0.25) is 0 Å². The molecule has 0 saturated carbocycles. The molecule has 13 heteroatoms. The zero-order valence-electron chi connectivity index (χ0n) is 26.1. The second-order valence-corrected chi connectivity index (χ2v) is 11.7. The standard InChI is InChI=1S/C18H22N2O4S.C13H14N2O2S.CH4O/c1-5-23-16(21)20-14-11-12(15-7-6-10-25-15)8-9-13(14)19-17(22)24-18(2,3)4;1-2-17-13(16)15-11-8-9(5-6-10(11)14)12-4-3-7-18-12;1-2/h6-11H,5H2,1-4H3,(H,19,22)(H,20,21);3-8H,2,14H2,1H3,(H,15,16);2H,1H3. The number of ether oxygens (including phenoxy) is 3. The van der Waals surface area contributed by atoms with Gasteiger partial charge in [0.1, 0.15) is 5.60 Å². The minimum absolute atomic E-state index is 0.255. The molecular formula is C32H40N4O7S2. The number of hydrogen-bond acceptors (Lipinski definition) is 10. The number of hydrogen-bond donors (Lipinski definition) is 5. The van der Waals surface area contributed by atoms with Gasteiger partial charge in [0.15, 0.2) is 0 Å². The highest BCUT2D eigenvalue weighted by molar-refractivity contribution is 7.13. The summed E-state index contributed by atoms with van der Waals surface area (Å²) in [6, 6.07) is 18.9. The Morgan fingerprint density at radius 3 is 1.64 bits per heavy atom. The van der Waals surface area contributed by atoms with Gasteiger partial charge in [0.25, 0.3) is 0 Å². The predicted octanol–water partition coefficient (Wildman–Crippen LogP) is 8.50. The number of nitrogens with two attached hydrogens (primary N) is 1. The number of amides is 3. The van der Waals surface area contributed by atoms with Gasteiger partial charge in [0, 0.05) is 16.9 Å². The van der Waals surface area contributed by atoms with Crippen LogP contribution < -0.4 is 21.7 Å². The van der Waals surface area contributed by atoms with Crippen molar-refractivity contribution in [3.8, 4) is 20.9 Å². The molecule has 0 saturated heterocycles. The maximum Gasteiger partial charge on any atom is 0.412 e. The lowest BCUT2D eigenvalue weighted by atomic mass is 10.1. The van der Waals surface area contributed by atoms with Crippen molar-refractivity contribution in [2.45, 2.75) is 40.2 Å². The summed E-state index contributed by atoms with van der Waals surface area (Å²) in [5.41, 5.74) is 9.11. The van der Waals surface area contributed by atoms with Gasteiger partial charge in [0.05, 0.1) is 36.0 Å². The molecule has 242 valence electrons.